The molecule has 2 N–H and O–H groups in total. The molecule has 1 aromatic heterocycles. The molecule has 0 bridgehead atoms. The van der Waals surface area contributed by atoms with Crippen molar-refractivity contribution in [2.75, 3.05) is 38.5 Å². The van der Waals surface area contributed by atoms with Gasteiger partial charge in [0.15, 0.2) is 5.96 Å². The Kier molecular flexibility index (Phi) is 7.86. The van der Waals surface area contributed by atoms with Gasteiger partial charge < -0.3 is 15.5 Å². The Morgan fingerprint density at radius 1 is 1.30 bits per heavy atom. The molecule has 0 amide bonds. The fourth-order valence-corrected chi connectivity index (χ4v) is 2.39. The molecule has 1 aliphatic heterocycles. The van der Waals surface area contributed by atoms with Crippen molar-refractivity contribution in [2.45, 2.75) is 19.0 Å². The number of alkyl halides is 3. The first-order chi connectivity index (χ1) is 10.5. The first-order valence-corrected chi connectivity index (χ1v) is 7.24. The van der Waals surface area contributed by atoms with Gasteiger partial charge in [-0.15, -0.1) is 24.0 Å². The topological polar surface area (TPSA) is 52.6 Å². The van der Waals surface area contributed by atoms with Crippen LogP contribution in [0.1, 0.15) is 18.4 Å². The van der Waals surface area contributed by atoms with Gasteiger partial charge in [0, 0.05) is 39.4 Å². The number of halogens is 4. The number of aliphatic imine (C=N–C) groups is 1. The lowest BCUT2D eigenvalue weighted by molar-refractivity contribution is -0.137. The van der Waals surface area contributed by atoms with E-state index in [1.807, 2.05) is 0 Å². The second-order valence-corrected chi connectivity index (χ2v) is 4.99. The standard InChI is InChI=1S/C14H20F3N5.HI/c1-18-13(22-9-2-3-10-22)21-8-7-20-12-11(14(15,16)17)5-4-6-19-12;/h4-6H,2-3,7-10H2,1H3,(H,18,21)(H,19,20);1H. The quantitative estimate of drug-likeness (QED) is 0.326. The van der Waals surface area contributed by atoms with Crippen LogP contribution in [0.4, 0.5) is 19.0 Å². The summed E-state index contributed by atoms with van der Waals surface area (Å²) < 4.78 is 38.5. The third-order valence-corrected chi connectivity index (χ3v) is 3.43. The number of hydrogen-bond acceptors (Lipinski definition) is 3. The van der Waals surface area contributed by atoms with Crippen LogP contribution in [-0.2, 0) is 6.18 Å². The van der Waals surface area contributed by atoms with Gasteiger partial charge in [0.1, 0.15) is 5.82 Å². The van der Waals surface area contributed by atoms with Crippen LogP contribution in [0.2, 0.25) is 0 Å². The van der Waals surface area contributed by atoms with Crippen molar-refractivity contribution >= 4 is 35.8 Å². The average molecular weight is 443 g/mol. The Balaban J connectivity index is 0.00000264. The highest BCUT2D eigenvalue weighted by atomic mass is 127. The van der Waals surface area contributed by atoms with E-state index in [2.05, 4.69) is 25.5 Å². The van der Waals surface area contributed by atoms with E-state index in [0.717, 1.165) is 38.0 Å². The van der Waals surface area contributed by atoms with Crippen LogP contribution in [-0.4, -0.2) is 49.1 Å². The number of guanidine groups is 1. The zero-order valence-corrected chi connectivity index (χ0v) is 15.2. The largest absolute Gasteiger partial charge is 0.419 e. The Hall–Kier alpha value is -1.26. The van der Waals surface area contributed by atoms with Crippen molar-refractivity contribution in [2.24, 2.45) is 4.99 Å². The summed E-state index contributed by atoms with van der Waals surface area (Å²) in [6.45, 7) is 2.72. The second-order valence-electron chi connectivity index (χ2n) is 4.99. The van der Waals surface area contributed by atoms with Gasteiger partial charge in [-0.1, -0.05) is 0 Å². The van der Waals surface area contributed by atoms with Crippen molar-refractivity contribution in [3.05, 3.63) is 23.9 Å². The molecule has 1 aromatic rings. The molecule has 0 radical (unpaired) electrons. The molecule has 1 aliphatic rings. The number of anilines is 1. The zero-order chi connectivity index (χ0) is 16.0. The van der Waals surface area contributed by atoms with Crippen LogP contribution in [0.25, 0.3) is 0 Å². The first kappa shape index (κ1) is 19.8. The Bertz CT molecular complexity index is 515. The summed E-state index contributed by atoms with van der Waals surface area (Å²) in [5.41, 5.74) is -0.751. The number of nitrogens with zero attached hydrogens (tertiary/aromatic N) is 3. The highest BCUT2D eigenvalue weighted by Crippen LogP contribution is 2.33. The minimum absolute atomic E-state index is 0. The maximum absolute atomic E-state index is 12.8. The molecule has 0 unspecified atom stereocenters. The first-order valence-electron chi connectivity index (χ1n) is 7.24. The molecule has 23 heavy (non-hydrogen) atoms. The molecule has 1 saturated heterocycles. The summed E-state index contributed by atoms with van der Waals surface area (Å²) in [6, 6.07) is 2.30. The predicted molar refractivity (Wildman–Crippen MR) is 95.3 cm³/mol. The minimum Gasteiger partial charge on any atom is -0.368 e. The monoisotopic (exact) mass is 443 g/mol. The maximum atomic E-state index is 12.8. The fraction of sp³-hybridized carbons (Fsp3) is 0.571. The molecule has 0 spiro atoms. The lowest BCUT2D eigenvalue weighted by Gasteiger charge is -2.21. The van der Waals surface area contributed by atoms with Gasteiger partial charge in [-0.2, -0.15) is 13.2 Å². The van der Waals surface area contributed by atoms with Crippen molar-refractivity contribution < 1.29 is 13.2 Å². The number of hydrogen-bond donors (Lipinski definition) is 2. The summed E-state index contributed by atoms with van der Waals surface area (Å²) >= 11 is 0. The summed E-state index contributed by atoms with van der Waals surface area (Å²) in [6.07, 6.45) is -0.784. The molecule has 0 atom stereocenters. The summed E-state index contributed by atoms with van der Waals surface area (Å²) in [5, 5.41) is 5.87. The van der Waals surface area contributed by atoms with Crippen LogP contribution < -0.4 is 10.6 Å². The van der Waals surface area contributed by atoms with E-state index in [1.54, 1.807) is 7.05 Å². The highest BCUT2D eigenvalue weighted by Gasteiger charge is 2.33. The lowest BCUT2D eigenvalue weighted by atomic mass is 10.2. The smallest absolute Gasteiger partial charge is 0.368 e. The third-order valence-electron chi connectivity index (χ3n) is 3.43. The van der Waals surface area contributed by atoms with Crippen molar-refractivity contribution in [3.8, 4) is 0 Å². The molecule has 0 aromatic carbocycles. The molecule has 0 aliphatic carbocycles. The van der Waals surface area contributed by atoms with E-state index < -0.39 is 11.7 Å². The van der Waals surface area contributed by atoms with Gasteiger partial charge in [0.25, 0.3) is 0 Å². The molecule has 5 nitrogen and oxygen atoms in total. The molecule has 1 fully saturated rings. The number of likely N-dealkylation sites (tertiary alicyclic amines) is 1. The Morgan fingerprint density at radius 2 is 2.00 bits per heavy atom. The highest BCUT2D eigenvalue weighted by molar-refractivity contribution is 14.0. The van der Waals surface area contributed by atoms with Gasteiger partial charge in [-0.3, -0.25) is 4.99 Å². The van der Waals surface area contributed by atoms with Gasteiger partial charge in [0.05, 0.1) is 5.56 Å². The number of pyridine rings is 1. The fourth-order valence-electron chi connectivity index (χ4n) is 2.39. The number of aromatic nitrogens is 1. The number of nitrogens with one attached hydrogen (secondary N) is 2. The maximum Gasteiger partial charge on any atom is 0.419 e. The van der Waals surface area contributed by atoms with Crippen LogP contribution in [0.5, 0.6) is 0 Å². The SMILES string of the molecule is CN=C(NCCNc1ncccc1C(F)(F)F)N1CCCC1.I. The van der Waals surface area contributed by atoms with Gasteiger partial charge >= 0.3 is 6.18 Å². The molecular weight excluding hydrogens is 422 g/mol. The van der Waals surface area contributed by atoms with Crippen LogP contribution in [0.15, 0.2) is 23.3 Å². The predicted octanol–water partition coefficient (Wildman–Crippen LogP) is 2.80. The molecule has 2 heterocycles. The van der Waals surface area contributed by atoms with Gasteiger partial charge in [-0.05, 0) is 25.0 Å². The van der Waals surface area contributed by atoms with Crippen molar-refractivity contribution in [3.63, 3.8) is 0 Å². The van der Waals surface area contributed by atoms with E-state index in [1.165, 1.54) is 12.3 Å². The van der Waals surface area contributed by atoms with Crippen LogP contribution >= 0.6 is 24.0 Å². The summed E-state index contributed by atoms with van der Waals surface area (Å²) in [4.78, 5) is 10.1. The van der Waals surface area contributed by atoms with E-state index in [-0.39, 0.29) is 29.8 Å². The number of rotatable bonds is 4. The summed E-state index contributed by atoms with van der Waals surface area (Å²) in [5.74, 6) is 0.643. The van der Waals surface area contributed by atoms with Crippen LogP contribution in [0, 0.1) is 0 Å². The molecular formula is C14H21F3IN5. The van der Waals surface area contributed by atoms with Crippen LogP contribution in [0.3, 0.4) is 0 Å². The van der Waals surface area contributed by atoms with Gasteiger partial charge in [0.2, 0.25) is 0 Å². The molecule has 9 heteroatoms. The van der Waals surface area contributed by atoms with E-state index >= 15 is 0 Å². The van der Waals surface area contributed by atoms with E-state index in [9.17, 15) is 13.2 Å². The lowest BCUT2D eigenvalue weighted by Crippen LogP contribution is -2.41. The van der Waals surface area contributed by atoms with E-state index in [4.69, 9.17) is 0 Å². The Morgan fingerprint density at radius 3 is 2.61 bits per heavy atom. The average Bonchev–Trinajstić information content (AvgIpc) is 3.01. The van der Waals surface area contributed by atoms with Crippen molar-refractivity contribution in [1.29, 1.82) is 0 Å². The normalized spacial score (nSPS) is 15.3. The molecule has 2 rings (SSSR count). The van der Waals surface area contributed by atoms with Gasteiger partial charge in [-0.25, -0.2) is 4.98 Å². The van der Waals surface area contributed by atoms with E-state index in [0.29, 0.717) is 13.1 Å². The zero-order valence-electron chi connectivity index (χ0n) is 12.9. The minimum atomic E-state index is -4.41. The summed E-state index contributed by atoms with van der Waals surface area (Å²) in [7, 11) is 1.70. The molecule has 130 valence electrons. The Labute approximate surface area is 150 Å². The molecule has 0 saturated carbocycles. The third kappa shape index (κ3) is 5.70. The second kappa shape index (κ2) is 9.14. The van der Waals surface area contributed by atoms with Crippen molar-refractivity contribution in [1.82, 2.24) is 15.2 Å².